The number of aromatic nitrogens is 2. The molecule has 0 fully saturated rings. The zero-order chi connectivity index (χ0) is 17.1. The van der Waals surface area contributed by atoms with Crippen molar-refractivity contribution in [3.8, 4) is 5.69 Å². The summed E-state index contributed by atoms with van der Waals surface area (Å²) >= 11 is 0. The highest BCUT2D eigenvalue weighted by atomic mass is 19.1. The van der Waals surface area contributed by atoms with E-state index < -0.39 is 0 Å². The summed E-state index contributed by atoms with van der Waals surface area (Å²) in [6, 6.07) is 12.0. The highest BCUT2D eigenvalue weighted by molar-refractivity contribution is 6.07. The van der Waals surface area contributed by atoms with Crippen molar-refractivity contribution in [2.45, 2.75) is 6.92 Å². The largest absolute Gasteiger partial charge is 0.289 e. The van der Waals surface area contributed by atoms with E-state index in [0.29, 0.717) is 22.5 Å². The van der Waals surface area contributed by atoms with E-state index in [4.69, 9.17) is 0 Å². The Labute approximate surface area is 137 Å². The second-order valence-corrected chi connectivity index (χ2v) is 5.25. The molecule has 0 atom stereocenters. The molecule has 0 saturated carbocycles. The van der Waals surface area contributed by atoms with E-state index in [1.807, 2.05) is 0 Å². The van der Waals surface area contributed by atoms with Crippen molar-refractivity contribution in [1.82, 2.24) is 9.78 Å². The molecule has 2 aromatic carbocycles. The molecule has 0 unspecified atom stereocenters. The molecular formula is C19H14F2N2O. The lowest BCUT2D eigenvalue weighted by atomic mass is 10.1. The molecule has 120 valence electrons. The van der Waals surface area contributed by atoms with Crippen LogP contribution in [0.2, 0.25) is 0 Å². The van der Waals surface area contributed by atoms with Gasteiger partial charge in [-0.2, -0.15) is 5.10 Å². The Morgan fingerprint density at radius 2 is 1.79 bits per heavy atom. The molecular weight excluding hydrogens is 310 g/mol. The van der Waals surface area contributed by atoms with E-state index >= 15 is 0 Å². The van der Waals surface area contributed by atoms with Crippen molar-refractivity contribution >= 4 is 11.9 Å². The fourth-order valence-electron chi connectivity index (χ4n) is 2.36. The van der Waals surface area contributed by atoms with Crippen LogP contribution in [0.1, 0.15) is 21.6 Å². The molecule has 3 aromatic rings. The van der Waals surface area contributed by atoms with Gasteiger partial charge in [0.05, 0.1) is 23.1 Å². The molecule has 0 amide bonds. The minimum absolute atomic E-state index is 0.274. The zero-order valence-corrected chi connectivity index (χ0v) is 12.9. The normalized spacial score (nSPS) is 11.1. The first-order valence-corrected chi connectivity index (χ1v) is 7.34. The Balaban J connectivity index is 1.86. The molecule has 0 bridgehead atoms. The summed E-state index contributed by atoms with van der Waals surface area (Å²) in [7, 11) is 0. The average molecular weight is 324 g/mol. The minimum atomic E-state index is -0.389. The van der Waals surface area contributed by atoms with Crippen molar-refractivity contribution in [1.29, 1.82) is 0 Å². The fraction of sp³-hybridized carbons (Fsp3) is 0.0526. The highest BCUT2D eigenvalue weighted by Gasteiger charge is 2.13. The van der Waals surface area contributed by atoms with E-state index in [9.17, 15) is 13.6 Å². The molecule has 0 aliphatic rings. The number of halogens is 2. The molecule has 1 aromatic heterocycles. The number of allylic oxidation sites excluding steroid dienone is 1. The van der Waals surface area contributed by atoms with Gasteiger partial charge in [0.1, 0.15) is 11.6 Å². The molecule has 0 radical (unpaired) electrons. The third kappa shape index (κ3) is 3.15. The van der Waals surface area contributed by atoms with Gasteiger partial charge in [0.2, 0.25) is 0 Å². The number of ketones is 1. The maximum Gasteiger partial charge on any atom is 0.189 e. The van der Waals surface area contributed by atoms with Crippen LogP contribution in [0.4, 0.5) is 8.78 Å². The van der Waals surface area contributed by atoms with Crippen LogP contribution in [-0.4, -0.2) is 15.6 Å². The minimum Gasteiger partial charge on any atom is -0.289 e. The molecule has 3 rings (SSSR count). The lowest BCUT2D eigenvalue weighted by Crippen LogP contribution is -2.01. The topological polar surface area (TPSA) is 34.9 Å². The quantitative estimate of drug-likeness (QED) is 0.528. The summed E-state index contributed by atoms with van der Waals surface area (Å²) < 4.78 is 28.1. The smallest absolute Gasteiger partial charge is 0.189 e. The maximum absolute atomic E-state index is 13.6. The summed E-state index contributed by atoms with van der Waals surface area (Å²) in [6.07, 6.45) is 4.20. The van der Waals surface area contributed by atoms with Crippen LogP contribution in [0.5, 0.6) is 0 Å². The number of carbonyl (C=O) groups excluding carboxylic acids is 1. The summed E-state index contributed by atoms with van der Waals surface area (Å²) in [4.78, 5) is 12.3. The van der Waals surface area contributed by atoms with Crippen LogP contribution < -0.4 is 0 Å². The lowest BCUT2D eigenvalue weighted by Gasteiger charge is -2.04. The van der Waals surface area contributed by atoms with Gasteiger partial charge in [0.25, 0.3) is 0 Å². The van der Waals surface area contributed by atoms with Gasteiger partial charge in [-0.05, 0) is 49.4 Å². The molecule has 1 heterocycles. The van der Waals surface area contributed by atoms with Gasteiger partial charge in [-0.3, -0.25) is 4.79 Å². The highest BCUT2D eigenvalue weighted by Crippen LogP contribution is 2.16. The molecule has 0 N–H and O–H groups in total. The van der Waals surface area contributed by atoms with Crippen molar-refractivity contribution < 1.29 is 13.6 Å². The van der Waals surface area contributed by atoms with Crippen LogP contribution >= 0.6 is 0 Å². The third-order valence-electron chi connectivity index (χ3n) is 3.67. The first-order valence-electron chi connectivity index (χ1n) is 7.34. The Kier molecular flexibility index (Phi) is 4.33. The van der Waals surface area contributed by atoms with Gasteiger partial charge in [-0.25, -0.2) is 13.5 Å². The van der Waals surface area contributed by atoms with Crippen LogP contribution in [-0.2, 0) is 0 Å². The average Bonchev–Trinajstić information content (AvgIpc) is 2.96. The number of benzene rings is 2. The molecule has 0 aliphatic heterocycles. The second kappa shape index (κ2) is 6.58. The Morgan fingerprint density at radius 3 is 2.50 bits per heavy atom. The Hall–Kier alpha value is -3.08. The predicted molar refractivity (Wildman–Crippen MR) is 88.0 cm³/mol. The monoisotopic (exact) mass is 324 g/mol. The molecule has 0 aliphatic carbocycles. The predicted octanol–water partition coefficient (Wildman–Crippen LogP) is 4.36. The van der Waals surface area contributed by atoms with Crippen molar-refractivity contribution in [3.63, 3.8) is 0 Å². The van der Waals surface area contributed by atoms with E-state index in [1.165, 1.54) is 36.5 Å². The van der Waals surface area contributed by atoms with Crippen molar-refractivity contribution in [2.75, 3.05) is 0 Å². The standard InChI is InChI=1S/C19H14F2N2O/c1-13-17(12-22-23(13)16-9-7-15(20)8-10-16)19(24)11-6-14-4-2-3-5-18(14)21/h2-12H,1H3/b11-6+. The van der Waals surface area contributed by atoms with Gasteiger partial charge in [0.15, 0.2) is 5.78 Å². The van der Waals surface area contributed by atoms with Gasteiger partial charge < -0.3 is 0 Å². The first kappa shape index (κ1) is 15.8. The van der Waals surface area contributed by atoms with Gasteiger partial charge >= 0.3 is 0 Å². The van der Waals surface area contributed by atoms with E-state index in [0.717, 1.165) is 0 Å². The summed E-state index contributed by atoms with van der Waals surface area (Å²) in [6.45, 7) is 1.75. The molecule has 24 heavy (non-hydrogen) atoms. The van der Waals surface area contributed by atoms with Crippen LogP contribution in [0, 0.1) is 18.6 Å². The van der Waals surface area contributed by atoms with Crippen molar-refractivity contribution in [2.24, 2.45) is 0 Å². The molecule has 0 saturated heterocycles. The number of hydrogen-bond donors (Lipinski definition) is 0. The van der Waals surface area contributed by atoms with E-state index in [-0.39, 0.29) is 17.4 Å². The Bertz CT molecular complexity index is 911. The number of rotatable bonds is 4. The third-order valence-corrected chi connectivity index (χ3v) is 3.67. The maximum atomic E-state index is 13.6. The van der Waals surface area contributed by atoms with Crippen molar-refractivity contribution in [3.05, 3.63) is 89.3 Å². The number of carbonyl (C=O) groups is 1. The lowest BCUT2D eigenvalue weighted by molar-refractivity contribution is 0.104. The molecule has 3 nitrogen and oxygen atoms in total. The van der Waals surface area contributed by atoms with E-state index in [2.05, 4.69) is 5.10 Å². The summed E-state index contributed by atoms with van der Waals surface area (Å²) in [5, 5.41) is 4.17. The van der Waals surface area contributed by atoms with Gasteiger partial charge in [-0.1, -0.05) is 18.2 Å². The van der Waals surface area contributed by atoms with Crippen LogP contribution in [0.25, 0.3) is 11.8 Å². The van der Waals surface area contributed by atoms with Crippen LogP contribution in [0.15, 0.2) is 60.8 Å². The Morgan fingerprint density at radius 1 is 1.08 bits per heavy atom. The number of hydrogen-bond acceptors (Lipinski definition) is 2. The molecule has 5 heteroatoms. The molecule has 0 spiro atoms. The summed E-state index contributed by atoms with van der Waals surface area (Å²) in [5.41, 5.74) is 2.04. The SMILES string of the molecule is Cc1c(C(=O)/C=C/c2ccccc2F)cnn1-c1ccc(F)cc1. The van der Waals surface area contributed by atoms with E-state index in [1.54, 1.807) is 41.9 Å². The first-order chi connectivity index (χ1) is 11.6. The fourth-order valence-corrected chi connectivity index (χ4v) is 2.36. The summed E-state index contributed by atoms with van der Waals surface area (Å²) in [5.74, 6) is -1.00. The zero-order valence-electron chi connectivity index (χ0n) is 12.9. The van der Waals surface area contributed by atoms with Crippen LogP contribution in [0.3, 0.4) is 0 Å². The van der Waals surface area contributed by atoms with Gasteiger partial charge in [-0.15, -0.1) is 0 Å². The van der Waals surface area contributed by atoms with Gasteiger partial charge in [0, 0.05) is 5.56 Å². The second-order valence-electron chi connectivity index (χ2n) is 5.25. The number of nitrogens with zero attached hydrogens (tertiary/aromatic N) is 2.